The fourth-order valence-electron chi connectivity index (χ4n) is 5.21. The van der Waals surface area contributed by atoms with Gasteiger partial charge in [0.2, 0.25) is 23.6 Å². The van der Waals surface area contributed by atoms with E-state index in [1.165, 1.54) is 37.6 Å². The highest BCUT2D eigenvalue weighted by molar-refractivity contribution is 6.31. The Morgan fingerprint density at radius 3 is 2.44 bits per heavy atom. The van der Waals surface area contributed by atoms with Crippen LogP contribution in [0.2, 0.25) is 5.02 Å². The van der Waals surface area contributed by atoms with Gasteiger partial charge in [0.1, 0.15) is 17.8 Å². The summed E-state index contributed by atoms with van der Waals surface area (Å²) in [6, 6.07) is 6.07. The van der Waals surface area contributed by atoms with E-state index in [0.717, 1.165) is 5.56 Å². The largest absolute Gasteiger partial charge is 0.368 e. The summed E-state index contributed by atoms with van der Waals surface area (Å²) in [6.07, 6.45) is 4.05. The third-order valence-corrected chi connectivity index (χ3v) is 7.88. The lowest BCUT2D eigenvalue weighted by molar-refractivity contribution is -0.150. The molecule has 2 heterocycles. The highest BCUT2D eigenvalue weighted by atomic mass is 35.5. The molecule has 0 bridgehead atoms. The Balaban J connectivity index is 1.68. The quantitative estimate of drug-likeness (QED) is 0.464. The number of fused-ring (bicyclic) bond motifs is 1. The van der Waals surface area contributed by atoms with Crippen molar-refractivity contribution < 1.29 is 23.6 Å². The van der Waals surface area contributed by atoms with Crippen molar-refractivity contribution in [3.63, 3.8) is 0 Å². The molecule has 1 aliphatic heterocycles. The smallest absolute Gasteiger partial charge is 0.246 e. The van der Waals surface area contributed by atoms with Crippen LogP contribution in [0.4, 0.5) is 10.1 Å². The van der Waals surface area contributed by atoms with Crippen LogP contribution in [-0.2, 0) is 24.6 Å². The molecule has 1 aromatic carbocycles. The predicted molar refractivity (Wildman–Crippen MR) is 145 cm³/mol. The van der Waals surface area contributed by atoms with Gasteiger partial charge in [0.25, 0.3) is 0 Å². The number of amides is 4. The number of hydrogen-bond donors (Lipinski definition) is 2. The number of benzene rings is 1. The van der Waals surface area contributed by atoms with E-state index < -0.39 is 40.9 Å². The van der Waals surface area contributed by atoms with Crippen LogP contribution in [-0.4, -0.2) is 69.8 Å². The number of rotatable bonds is 10. The molecule has 9 nitrogen and oxygen atoms in total. The molecule has 3 N–H and O–H groups in total. The van der Waals surface area contributed by atoms with Gasteiger partial charge >= 0.3 is 0 Å². The third kappa shape index (κ3) is 5.75. The number of nitrogens with zero attached hydrogens (tertiary/aromatic N) is 3. The fourth-order valence-corrected chi connectivity index (χ4v) is 5.39. The number of nitrogens with one attached hydrogen (secondary N) is 1. The number of alkyl halides is 1. The summed E-state index contributed by atoms with van der Waals surface area (Å²) in [5.41, 5.74) is 4.86. The van der Waals surface area contributed by atoms with Crippen molar-refractivity contribution in [2.24, 2.45) is 5.73 Å². The van der Waals surface area contributed by atoms with E-state index >= 15 is 4.39 Å². The molecular formula is C28H33ClFN5O4. The van der Waals surface area contributed by atoms with Crippen LogP contribution in [0.15, 0.2) is 42.7 Å². The molecule has 2 aromatic rings. The molecule has 0 radical (unpaired) electrons. The number of halogens is 2. The molecular weight excluding hydrogens is 525 g/mol. The lowest BCUT2D eigenvalue weighted by Crippen LogP contribution is -2.58. The Hall–Kier alpha value is -3.53. The third-order valence-electron chi connectivity index (χ3n) is 7.65. The van der Waals surface area contributed by atoms with Gasteiger partial charge in [-0.1, -0.05) is 11.6 Å². The second-order valence-electron chi connectivity index (χ2n) is 11.0. The summed E-state index contributed by atoms with van der Waals surface area (Å²) in [6.45, 7) is 3.89. The van der Waals surface area contributed by atoms with Gasteiger partial charge < -0.3 is 20.9 Å². The zero-order valence-corrected chi connectivity index (χ0v) is 23.2. The number of anilines is 1. The molecule has 1 saturated carbocycles. The van der Waals surface area contributed by atoms with Crippen LogP contribution in [0.25, 0.3) is 0 Å². The Kier molecular flexibility index (Phi) is 7.71. The summed E-state index contributed by atoms with van der Waals surface area (Å²) < 4.78 is 15.1. The number of nitrogens with two attached hydrogens (primary N) is 1. The first-order chi connectivity index (χ1) is 18.2. The number of carbonyl (C=O) groups excluding carboxylic acids is 4. The van der Waals surface area contributed by atoms with Crippen LogP contribution in [0.3, 0.4) is 0 Å². The molecule has 2 aliphatic rings. The van der Waals surface area contributed by atoms with Crippen molar-refractivity contribution in [1.29, 1.82) is 0 Å². The SMILES string of the molecule is CC(C(N)=O)N(C[C@@H]1C(=O)Nc2ccc(Cl)cc21)C(=O)C(CC(C)(C)F)N(C)C(=O)C1(c2ccncc2)CC1. The molecule has 11 heteroatoms. The normalized spacial score (nSPS) is 18.9. The fraction of sp³-hybridized carbons (Fsp3) is 0.464. The lowest BCUT2D eigenvalue weighted by atomic mass is 9.92. The van der Waals surface area contributed by atoms with Crippen molar-refractivity contribution in [3.05, 3.63) is 58.9 Å². The molecule has 1 fully saturated rings. The number of likely N-dealkylation sites (N-methyl/N-ethyl adjacent to an activating group) is 1. The van der Waals surface area contributed by atoms with Crippen LogP contribution in [0.1, 0.15) is 57.1 Å². The Bertz CT molecular complexity index is 1290. The molecule has 0 saturated heterocycles. The van der Waals surface area contributed by atoms with E-state index in [0.29, 0.717) is 29.1 Å². The van der Waals surface area contributed by atoms with E-state index in [2.05, 4.69) is 10.3 Å². The predicted octanol–water partition coefficient (Wildman–Crippen LogP) is 3.17. The standard InChI is InChI=1S/C28H33ClFN5O4/c1-16(23(31)36)35(15-20-19-13-18(29)5-6-21(19)33-24(20)37)25(38)22(14-27(2,3)30)34(4)26(39)28(9-10-28)17-7-11-32-12-8-17/h5-8,11-13,16,20,22H,9-10,14-15H2,1-4H3,(H2,31,36)(H,33,37)/t16?,20-,22?/m0/s1. The molecule has 39 heavy (non-hydrogen) atoms. The molecule has 4 rings (SSSR count). The van der Waals surface area contributed by atoms with Crippen LogP contribution in [0.5, 0.6) is 0 Å². The highest BCUT2D eigenvalue weighted by Gasteiger charge is 2.54. The molecule has 4 amide bonds. The first-order valence-electron chi connectivity index (χ1n) is 12.8. The summed E-state index contributed by atoms with van der Waals surface area (Å²) >= 11 is 6.16. The van der Waals surface area contributed by atoms with E-state index in [1.807, 2.05) is 0 Å². The first-order valence-corrected chi connectivity index (χ1v) is 13.2. The van der Waals surface area contributed by atoms with Crippen molar-refractivity contribution >= 4 is 40.9 Å². The molecule has 2 unspecified atom stereocenters. The lowest BCUT2D eigenvalue weighted by Gasteiger charge is -2.38. The van der Waals surface area contributed by atoms with Crippen molar-refractivity contribution in [2.75, 3.05) is 18.9 Å². The molecule has 1 aromatic heterocycles. The first kappa shape index (κ1) is 28.5. The Morgan fingerprint density at radius 2 is 1.87 bits per heavy atom. The maximum absolute atomic E-state index is 15.1. The minimum absolute atomic E-state index is 0.205. The maximum atomic E-state index is 15.1. The summed E-state index contributed by atoms with van der Waals surface area (Å²) in [7, 11) is 1.47. The number of pyridine rings is 1. The number of hydrogen-bond acceptors (Lipinski definition) is 5. The van der Waals surface area contributed by atoms with Gasteiger partial charge in [-0.05, 0) is 75.1 Å². The molecule has 0 spiro atoms. The van der Waals surface area contributed by atoms with Gasteiger partial charge in [-0.2, -0.15) is 0 Å². The van der Waals surface area contributed by atoms with Gasteiger partial charge in [-0.15, -0.1) is 0 Å². The van der Waals surface area contributed by atoms with E-state index in [-0.39, 0.29) is 24.8 Å². The molecule has 208 valence electrons. The van der Waals surface area contributed by atoms with E-state index in [1.54, 1.807) is 42.7 Å². The highest BCUT2D eigenvalue weighted by Crippen LogP contribution is 2.50. The number of aromatic nitrogens is 1. The number of carbonyl (C=O) groups is 4. The minimum Gasteiger partial charge on any atom is -0.368 e. The Labute approximate surface area is 231 Å². The van der Waals surface area contributed by atoms with E-state index in [4.69, 9.17) is 17.3 Å². The van der Waals surface area contributed by atoms with Crippen molar-refractivity contribution in [1.82, 2.24) is 14.8 Å². The van der Waals surface area contributed by atoms with Crippen molar-refractivity contribution in [3.8, 4) is 0 Å². The van der Waals surface area contributed by atoms with Crippen LogP contribution < -0.4 is 11.1 Å². The minimum atomic E-state index is -1.82. The topological polar surface area (TPSA) is 126 Å². The summed E-state index contributed by atoms with van der Waals surface area (Å²) in [4.78, 5) is 59.7. The molecule has 3 atom stereocenters. The van der Waals surface area contributed by atoms with Gasteiger partial charge in [0.05, 0.1) is 11.3 Å². The van der Waals surface area contributed by atoms with Gasteiger partial charge in [-0.3, -0.25) is 24.2 Å². The van der Waals surface area contributed by atoms with Crippen LogP contribution >= 0.6 is 11.6 Å². The average Bonchev–Trinajstić information content (AvgIpc) is 3.64. The zero-order chi connectivity index (χ0) is 28.7. The van der Waals surface area contributed by atoms with Gasteiger partial charge in [0, 0.05) is 43.1 Å². The number of primary amides is 1. The monoisotopic (exact) mass is 557 g/mol. The molecule has 1 aliphatic carbocycles. The second kappa shape index (κ2) is 10.6. The zero-order valence-electron chi connectivity index (χ0n) is 22.4. The summed E-state index contributed by atoms with van der Waals surface area (Å²) in [5, 5.41) is 3.17. The van der Waals surface area contributed by atoms with E-state index in [9.17, 15) is 19.2 Å². The summed E-state index contributed by atoms with van der Waals surface area (Å²) in [5.74, 6) is -2.99. The maximum Gasteiger partial charge on any atom is 0.246 e. The Morgan fingerprint density at radius 1 is 1.23 bits per heavy atom. The van der Waals surface area contributed by atoms with Crippen molar-refractivity contribution in [2.45, 2.75) is 69.1 Å². The average molecular weight is 558 g/mol. The van der Waals surface area contributed by atoms with Gasteiger partial charge in [0.15, 0.2) is 0 Å². The van der Waals surface area contributed by atoms with Crippen LogP contribution in [0, 0.1) is 0 Å². The van der Waals surface area contributed by atoms with Gasteiger partial charge in [-0.25, -0.2) is 4.39 Å². The second-order valence-corrected chi connectivity index (χ2v) is 11.5.